The summed E-state index contributed by atoms with van der Waals surface area (Å²) in [5.41, 5.74) is -0.206. The first-order valence-electron chi connectivity index (χ1n) is 5.20. The molecule has 0 aromatic heterocycles. The van der Waals surface area contributed by atoms with Crippen molar-refractivity contribution in [3.63, 3.8) is 0 Å². The van der Waals surface area contributed by atoms with E-state index in [-0.39, 0.29) is 11.5 Å². The summed E-state index contributed by atoms with van der Waals surface area (Å²) in [7, 11) is 3.10. The second-order valence-electron chi connectivity index (χ2n) is 3.90. The van der Waals surface area contributed by atoms with Gasteiger partial charge in [0.1, 0.15) is 5.82 Å². The maximum atomic E-state index is 13.4. The van der Waals surface area contributed by atoms with Gasteiger partial charge in [-0.3, -0.25) is 4.79 Å². The van der Waals surface area contributed by atoms with Crippen LogP contribution in [0.1, 0.15) is 17.3 Å². The second kappa shape index (κ2) is 5.95. The largest absolute Gasteiger partial charge is 0.449 e. The van der Waals surface area contributed by atoms with Crippen molar-refractivity contribution >= 4 is 27.8 Å². The van der Waals surface area contributed by atoms with Gasteiger partial charge >= 0.3 is 5.97 Å². The number of carbonyl (C=O) groups excluding carboxylic acids is 2. The van der Waals surface area contributed by atoms with Gasteiger partial charge in [-0.2, -0.15) is 0 Å². The van der Waals surface area contributed by atoms with Crippen LogP contribution in [0.25, 0.3) is 0 Å². The predicted octanol–water partition coefficient (Wildman–Crippen LogP) is 2.22. The summed E-state index contributed by atoms with van der Waals surface area (Å²) in [5.74, 6) is -1.91. The van der Waals surface area contributed by atoms with Gasteiger partial charge in [0.25, 0.3) is 5.91 Å². The van der Waals surface area contributed by atoms with Crippen molar-refractivity contribution in [1.82, 2.24) is 4.90 Å². The molecule has 4 nitrogen and oxygen atoms in total. The Morgan fingerprint density at radius 3 is 2.56 bits per heavy atom. The number of likely N-dealkylation sites (N-methyl/N-ethyl adjacent to an activating group) is 1. The summed E-state index contributed by atoms with van der Waals surface area (Å²) >= 11 is 3.13. The zero-order chi connectivity index (χ0) is 13.9. The first-order chi connectivity index (χ1) is 8.32. The van der Waals surface area contributed by atoms with Gasteiger partial charge < -0.3 is 9.64 Å². The molecule has 98 valence electrons. The van der Waals surface area contributed by atoms with Crippen LogP contribution in [0.4, 0.5) is 4.39 Å². The third-order valence-corrected chi connectivity index (χ3v) is 2.71. The second-order valence-corrected chi connectivity index (χ2v) is 4.82. The molecule has 0 N–H and O–H groups in total. The maximum absolute atomic E-state index is 13.4. The van der Waals surface area contributed by atoms with Gasteiger partial charge in [0.15, 0.2) is 6.10 Å². The number of esters is 1. The Bertz CT molecular complexity index is 476. The molecule has 18 heavy (non-hydrogen) atoms. The van der Waals surface area contributed by atoms with Crippen LogP contribution in [0.2, 0.25) is 0 Å². The van der Waals surface area contributed by atoms with E-state index < -0.39 is 17.9 Å². The molecule has 0 fully saturated rings. The topological polar surface area (TPSA) is 46.6 Å². The molecule has 0 heterocycles. The zero-order valence-corrected chi connectivity index (χ0v) is 11.8. The number of ether oxygens (including phenoxy) is 1. The lowest BCUT2D eigenvalue weighted by molar-refractivity contribution is -0.137. The Morgan fingerprint density at radius 1 is 1.39 bits per heavy atom. The summed E-state index contributed by atoms with van der Waals surface area (Å²) < 4.78 is 18.9. The Kier molecular flexibility index (Phi) is 4.84. The number of carbonyl (C=O) groups is 2. The standard InChI is InChI=1S/C12H13BrFNO3/c1-7(11(16)15(2)3)18-12(17)9-6-8(13)4-5-10(9)14/h4-7H,1-3H3. The van der Waals surface area contributed by atoms with Crippen LogP contribution in [-0.4, -0.2) is 37.0 Å². The average Bonchev–Trinajstić information content (AvgIpc) is 2.30. The van der Waals surface area contributed by atoms with Crippen molar-refractivity contribution < 1.29 is 18.7 Å². The summed E-state index contributed by atoms with van der Waals surface area (Å²) in [5, 5.41) is 0. The van der Waals surface area contributed by atoms with E-state index in [1.807, 2.05) is 0 Å². The fourth-order valence-electron chi connectivity index (χ4n) is 1.29. The quantitative estimate of drug-likeness (QED) is 0.803. The van der Waals surface area contributed by atoms with E-state index in [0.29, 0.717) is 4.47 Å². The molecule has 1 aromatic carbocycles. The molecule has 6 heteroatoms. The van der Waals surface area contributed by atoms with Gasteiger partial charge in [-0.15, -0.1) is 0 Å². The van der Waals surface area contributed by atoms with E-state index in [2.05, 4.69) is 15.9 Å². The molecule has 0 saturated heterocycles. The third-order valence-electron chi connectivity index (χ3n) is 2.22. The van der Waals surface area contributed by atoms with E-state index in [0.717, 1.165) is 6.07 Å². The van der Waals surface area contributed by atoms with Crippen LogP contribution in [0.15, 0.2) is 22.7 Å². The Balaban J connectivity index is 2.83. The minimum atomic E-state index is -0.953. The lowest BCUT2D eigenvalue weighted by Crippen LogP contribution is -2.35. The highest BCUT2D eigenvalue weighted by molar-refractivity contribution is 9.10. The molecular weight excluding hydrogens is 305 g/mol. The van der Waals surface area contributed by atoms with Crippen LogP contribution in [0, 0.1) is 5.82 Å². The monoisotopic (exact) mass is 317 g/mol. The van der Waals surface area contributed by atoms with Crippen molar-refractivity contribution in [1.29, 1.82) is 0 Å². The van der Waals surface area contributed by atoms with E-state index in [1.165, 1.54) is 24.0 Å². The molecule has 0 aliphatic heterocycles. The number of hydrogen-bond donors (Lipinski definition) is 0. The number of amides is 1. The normalized spacial score (nSPS) is 11.8. The number of rotatable bonds is 3. The van der Waals surface area contributed by atoms with E-state index in [4.69, 9.17) is 4.74 Å². The molecule has 1 atom stereocenters. The van der Waals surface area contributed by atoms with Crippen molar-refractivity contribution in [3.8, 4) is 0 Å². The summed E-state index contributed by atoms with van der Waals surface area (Å²) in [6.07, 6.45) is -0.953. The van der Waals surface area contributed by atoms with E-state index >= 15 is 0 Å². The molecule has 0 aliphatic carbocycles. The Labute approximate surface area is 113 Å². The minimum absolute atomic E-state index is 0.206. The van der Waals surface area contributed by atoms with Crippen molar-refractivity contribution in [3.05, 3.63) is 34.1 Å². The van der Waals surface area contributed by atoms with Gasteiger partial charge in [-0.05, 0) is 25.1 Å². The molecular formula is C12H13BrFNO3. The molecule has 1 amide bonds. The van der Waals surface area contributed by atoms with Gasteiger partial charge in [0, 0.05) is 18.6 Å². The number of hydrogen-bond acceptors (Lipinski definition) is 3. The highest BCUT2D eigenvalue weighted by Gasteiger charge is 2.22. The Morgan fingerprint density at radius 2 is 2.00 bits per heavy atom. The summed E-state index contributed by atoms with van der Waals surface area (Å²) in [4.78, 5) is 24.5. The zero-order valence-electron chi connectivity index (χ0n) is 10.2. The fraction of sp³-hybridized carbons (Fsp3) is 0.333. The third kappa shape index (κ3) is 3.53. The molecule has 1 aromatic rings. The first-order valence-corrected chi connectivity index (χ1v) is 5.99. The number of nitrogens with zero attached hydrogens (tertiary/aromatic N) is 1. The number of benzene rings is 1. The summed E-state index contributed by atoms with van der Waals surface area (Å²) in [6, 6.07) is 3.93. The minimum Gasteiger partial charge on any atom is -0.449 e. The molecule has 1 unspecified atom stereocenters. The number of halogens is 2. The predicted molar refractivity (Wildman–Crippen MR) is 67.7 cm³/mol. The lowest BCUT2D eigenvalue weighted by Gasteiger charge is -2.17. The Hall–Kier alpha value is -1.43. The van der Waals surface area contributed by atoms with Crippen LogP contribution < -0.4 is 0 Å². The van der Waals surface area contributed by atoms with Gasteiger partial charge in [0.2, 0.25) is 0 Å². The highest BCUT2D eigenvalue weighted by Crippen LogP contribution is 2.17. The first kappa shape index (κ1) is 14.6. The van der Waals surface area contributed by atoms with Crippen molar-refractivity contribution in [2.24, 2.45) is 0 Å². The molecule has 0 spiro atoms. The van der Waals surface area contributed by atoms with Crippen LogP contribution >= 0.6 is 15.9 Å². The maximum Gasteiger partial charge on any atom is 0.341 e. The van der Waals surface area contributed by atoms with E-state index in [9.17, 15) is 14.0 Å². The smallest absolute Gasteiger partial charge is 0.341 e. The fourth-order valence-corrected chi connectivity index (χ4v) is 1.65. The molecule has 0 saturated carbocycles. The van der Waals surface area contributed by atoms with E-state index in [1.54, 1.807) is 14.1 Å². The summed E-state index contributed by atoms with van der Waals surface area (Å²) in [6.45, 7) is 1.44. The van der Waals surface area contributed by atoms with Crippen molar-refractivity contribution in [2.75, 3.05) is 14.1 Å². The van der Waals surface area contributed by atoms with Gasteiger partial charge in [0.05, 0.1) is 5.56 Å². The average molecular weight is 318 g/mol. The molecule has 1 rings (SSSR count). The molecule has 0 bridgehead atoms. The highest BCUT2D eigenvalue weighted by atomic mass is 79.9. The molecule has 0 aliphatic rings. The van der Waals surface area contributed by atoms with Crippen LogP contribution in [0.5, 0.6) is 0 Å². The van der Waals surface area contributed by atoms with Crippen LogP contribution in [-0.2, 0) is 9.53 Å². The van der Waals surface area contributed by atoms with Gasteiger partial charge in [-0.25, -0.2) is 9.18 Å². The van der Waals surface area contributed by atoms with Crippen LogP contribution in [0.3, 0.4) is 0 Å². The lowest BCUT2D eigenvalue weighted by atomic mass is 10.2. The van der Waals surface area contributed by atoms with Gasteiger partial charge in [-0.1, -0.05) is 15.9 Å². The SMILES string of the molecule is CC(OC(=O)c1cc(Br)ccc1F)C(=O)N(C)C. The van der Waals surface area contributed by atoms with Crippen molar-refractivity contribution in [2.45, 2.75) is 13.0 Å². The molecule has 0 radical (unpaired) electrons.